The van der Waals surface area contributed by atoms with Crippen LogP contribution in [0.2, 0.25) is 0 Å². The molecule has 4 aromatic carbocycles. The summed E-state index contributed by atoms with van der Waals surface area (Å²) in [7, 11) is 0. The van der Waals surface area contributed by atoms with Gasteiger partial charge in [0.2, 0.25) is 0 Å². The van der Waals surface area contributed by atoms with E-state index in [-0.39, 0.29) is 25.7 Å². The molecule has 0 aromatic heterocycles. The Labute approximate surface area is 309 Å². The second-order valence-electron chi connectivity index (χ2n) is 14.7. The summed E-state index contributed by atoms with van der Waals surface area (Å²) in [6.07, 6.45) is 5.95. The van der Waals surface area contributed by atoms with Crippen LogP contribution in [0.3, 0.4) is 0 Å². The molecule has 3 heteroatoms. The van der Waals surface area contributed by atoms with Crippen LogP contribution >= 0.6 is 11.8 Å². The van der Waals surface area contributed by atoms with Gasteiger partial charge in [-0.2, -0.15) is 23.3 Å². The van der Waals surface area contributed by atoms with Gasteiger partial charge in [0.05, 0.1) is 0 Å². The molecule has 0 amide bonds. The predicted molar refractivity (Wildman–Crippen MR) is 211 cm³/mol. The molecule has 0 fully saturated rings. The minimum absolute atomic E-state index is 0. The van der Waals surface area contributed by atoms with Gasteiger partial charge < -0.3 is 14.9 Å². The van der Waals surface area contributed by atoms with Gasteiger partial charge >= 0.3 is 30.2 Å². The van der Waals surface area contributed by atoms with E-state index in [1.165, 1.54) is 94.7 Å². The predicted octanol–water partition coefficient (Wildman–Crippen LogP) is 12.8. The molecule has 1 unspecified atom stereocenters. The Morgan fingerprint density at radius 2 is 1.30 bits per heavy atom. The van der Waals surface area contributed by atoms with Gasteiger partial charge in [-0.3, -0.25) is 0 Å². The molecule has 0 N–H and O–H groups in total. The molecule has 0 saturated carbocycles. The van der Waals surface area contributed by atoms with Crippen LogP contribution in [-0.4, -0.2) is 12.1 Å². The van der Waals surface area contributed by atoms with Gasteiger partial charge in [-0.05, 0) is 45.9 Å². The standard InChI is InChI=1S/C21H25S.C21H23.2CH3.Si.Zr/c1-13(2)16-11-18-19(12-16)22-14(3)20(18)15-7-9-17(10-8-15)21(4,5)6;1-14-12-19-15(2)6-11-18(20(19)13-14)16-7-9-17(10-8-16)21(3,4)5;;;;/h7-11,13-14H,1-6H3;6-13H,1-5H3;2*1H3;;/q4*-1;;. The van der Waals surface area contributed by atoms with E-state index in [2.05, 4.69) is 168 Å². The van der Waals surface area contributed by atoms with Crippen molar-refractivity contribution in [1.29, 1.82) is 0 Å². The molecule has 0 nitrogen and oxygen atoms in total. The van der Waals surface area contributed by atoms with E-state index in [1.54, 1.807) is 0 Å². The molecule has 0 spiro atoms. The number of rotatable bonds is 3. The molecule has 0 saturated heterocycles. The summed E-state index contributed by atoms with van der Waals surface area (Å²) >= 11 is 3.30. The molecule has 2 radical (unpaired) electrons. The summed E-state index contributed by atoms with van der Waals surface area (Å²) in [6, 6.07) is 27.3. The Morgan fingerprint density at radius 1 is 0.787 bits per heavy atom. The minimum atomic E-state index is 0. The number of hydrogen-bond acceptors (Lipinski definition) is 1. The number of thioether (sulfide) groups is 1. The van der Waals surface area contributed by atoms with E-state index in [0.717, 1.165) is 0 Å². The maximum atomic E-state index is 3.60. The molecule has 1 atom stereocenters. The van der Waals surface area contributed by atoms with Crippen LogP contribution in [0.15, 0.2) is 94.9 Å². The van der Waals surface area contributed by atoms with Crippen molar-refractivity contribution in [2.24, 2.45) is 5.92 Å². The first kappa shape index (κ1) is 41.1. The van der Waals surface area contributed by atoms with Crippen LogP contribution in [-0.2, 0) is 34.2 Å². The van der Waals surface area contributed by atoms with E-state index < -0.39 is 0 Å². The van der Waals surface area contributed by atoms with Crippen molar-refractivity contribution in [3.63, 3.8) is 0 Å². The van der Waals surface area contributed by atoms with E-state index in [9.17, 15) is 0 Å². The molecule has 1 aliphatic heterocycles. The van der Waals surface area contributed by atoms with Crippen molar-refractivity contribution in [3.05, 3.63) is 144 Å². The molecular formula is C44H54SSiZr-4. The normalized spacial score (nSPS) is 15.4. The summed E-state index contributed by atoms with van der Waals surface area (Å²) in [5.74, 6) is 0.547. The zero-order valence-corrected chi connectivity index (χ0v) is 35.3. The molecule has 1 aliphatic carbocycles. The van der Waals surface area contributed by atoms with E-state index in [1.807, 2.05) is 11.8 Å². The third-order valence-corrected chi connectivity index (χ3v) is 9.94. The summed E-state index contributed by atoms with van der Waals surface area (Å²) in [6.45, 7) is 27.8. The molecule has 6 rings (SSSR count). The Hall–Kier alpha value is -2.06. The third-order valence-electron chi connectivity index (χ3n) is 8.79. The van der Waals surface area contributed by atoms with Crippen molar-refractivity contribution in [2.75, 3.05) is 0 Å². The summed E-state index contributed by atoms with van der Waals surface area (Å²) in [5.41, 5.74) is 14.1. The fraction of sp³-hybridized carbons (Fsp3) is 0.341. The number of benzene rings is 3. The zero-order valence-electron chi connectivity index (χ0n) is 31.1. The van der Waals surface area contributed by atoms with Crippen molar-refractivity contribution in [3.8, 4) is 11.1 Å². The fourth-order valence-electron chi connectivity index (χ4n) is 6.05. The topological polar surface area (TPSA) is 0 Å². The van der Waals surface area contributed by atoms with Gasteiger partial charge in [-0.15, -0.1) is 50.7 Å². The average molecular weight is 734 g/mol. The summed E-state index contributed by atoms with van der Waals surface area (Å²) in [4.78, 5) is 1.34. The Kier molecular flexibility index (Phi) is 14.5. The average Bonchev–Trinajstić information content (AvgIpc) is 3.66. The Bertz CT molecular complexity index is 1750. The molecule has 0 bridgehead atoms. The quantitative estimate of drug-likeness (QED) is 0.149. The van der Waals surface area contributed by atoms with Crippen molar-refractivity contribution >= 4 is 35.0 Å². The SMILES string of the molecule is CC(C)C1=CC2=C(c3ccc(C(C)(C)C)cc3)C(C)SC2=[C-]1.Cc1cc2c(-c3ccc(C(C)(C)C)cc3)ccc(C)c2[cH-]1.[CH3-].[CH3-].[Si]=[Zr]. The second-order valence-corrected chi connectivity index (χ2v) is 16.1. The van der Waals surface area contributed by atoms with E-state index in [4.69, 9.17) is 0 Å². The Balaban J connectivity index is 0.000000299. The van der Waals surface area contributed by atoms with Crippen molar-refractivity contribution in [2.45, 2.75) is 92.2 Å². The van der Waals surface area contributed by atoms with Crippen LogP contribution in [0.5, 0.6) is 0 Å². The molecule has 4 aromatic rings. The molecule has 248 valence electrons. The van der Waals surface area contributed by atoms with Gasteiger partial charge in [0, 0.05) is 5.25 Å². The van der Waals surface area contributed by atoms with Crippen LogP contribution in [0.4, 0.5) is 0 Å². The van der Waals surface area contributed by atoms with Crippen molar-refractivity contribution < 1.29 is 23.3 Å². The van der Waals surface area contributed by atoms with Gasteiger partial charge in [-0.1, -0.05) is 135 Å². The van der Waals surface area contributed by atoms with Gasteiger partial charge in [0.15, 0.2) is 0 Å². The number of allylic oxidation sites excluding steroid dienone is 4. The van der Waals surface area contributed by atoms with Crippen LogP contribution in [0.1, 0.15) is 90.1 Å². The molecular weight excluding hydrogens is 680 g/mol. The van der Waals surface area contributed by atoms with E-state index >= 15 is 0 Å². The van der Waals surface area contributed by atoms with Gasteiger partial charge in [0.1, 0.15) is 0 Å². The second kappa shape index (κ2) is 16.6. The maximum absolute atomic E-state index is 3.60. The first-order chi connectivity index (χ1) is 21.1. The molecule has 1 heterocycles. The monoisotopic (exact) mass is 732 g/mol. The van der Waals surface area contributed by atoms with Crippen molar-refractivity contribution in [1.82, 2.24) is 0 Å². The third kappa shape index (κ3) is 9.35. The Morgan fingerprint density at radius 3 is 1.79 bits per heavy atom. The summed E-state index contributed by atoms with van der Waals surface area (Å²) < 4.78 is 0. The summed E-state index contributed by atoms with van der Waals surface area (Å²) in [5, 5.41) is 3.27. The number of fused-ring (bicyclic) bond motifs is 2. The first-order valence-electron chi connectivity index (χ1n) is 16.0. The first-order valence-corrected chi connectivity index (χ1v) is 21.1. The fourth-order valence-corrected chi connectivity index (χ4v) is 7.25. The number of aryl methyl sites for hydroxylation is 2. The van der Waals surface area contributed by atoms with E-state index in [0.29, 0.717) is 11.2 Å². The zero-order chi connectivity index (χ0) is 33.3. The molecule has 47 heavy (non-hydrogen) atoms. The van der Waals surface area contributed by atoms with Gasteiger partial charge in [-0.25, -0.2) is 6.08 Å². The molecule has 2 aliphatic rings. The van der Waals surface area contributed by atoms with Crippen LogP contribution in [0, 0.1) is 40.7 Å². The van der Waals surface area contributed by atoms with Gasteiger partial charge in [0.25, 0.3) is 0 Å². The van der Waals surface area contributed by atoms with Crippen LogP contribution < -0.4 is 0 Å². The van der Waals surface area contributed by atoms with Crippen LogP contribution in [0.25, 0.3) is 27.5 Å². The number of hydrogen-bond donors (Lipinski definition) is 0.